The molecule has 1 saturated heterocycles. The Morgan fingerprint density at radius 3 is 2.71 bits per heavy atom. The van der Waals surface area contributed by atoms with Gasteiger partial charge in [0.15, 0.2) is 0 Å². The molecule has 4 nitrogen and oxygen atoms in total. The molecule has 1 aliphatic heterocycles. The Bertz CT molecular complexity index is 531. The van der Waals surface area contributed by atoms with Gasteiger partial charge in [0, 0.05) is 19.5 Å². The van der Waals surface area contributed by atoms with Crippen molar-refractivity contribution in [3.05, 3.63) is 35.6 Å². The van der Waals surface area contributed by atoms with Crippen molar-refractivity contribution in [2.24, 2.45) is 5.92 Å². The molecule has 2 amide bonds. The quantitative estimate of drug-likeness (QED) is 0.919. The summed E-state index contributed by atoms with van der Waals surface area (Å²) in [5, 5.41) is 2.76. The number of nitrogens with one attached hydrogen (secondary N) is 1. The maximum Gasteiger partial charge on any atom is 0.245 e. The van der Waals surface area contributed by atoms with Gasteiger partial charge in [-0.15, -0.1) is 0 Å². The lowest BCUT2D eigenvalue weighted by molar-refractivity contribution is -0.134. The van der Waals surface area contributed by atoms with E-state index in [-0.39, 0.29) is 23.5 Å². The minimum absolute atomic E-state index is 0.0375. The van der Waals surface area contributed by atoms with Crippen LogP contribution in [0, 0.1) is 11.7 Å². The third kappa shape index (κ3) is 3.80. The first-order chi connectivity index (χ1) is 9.99. The van der Waals surface area contributed by atoms with Gasteiger partial charge in [-0.3, -0.25) is 9.59 Å². The minimum Gasteiger partial charge on any atom is -0.344 e. The fourth-order valence-corrected chi connectivity index (χ4v) is 2.48. The Balaban J connectivity index is 2.06. The number of carbonyl (C=O) groups excluding carboxylic acids is 2. The van der Waals surface area contributed by atoms with Crippen LogP contribution in [0.3, 0.4) is 0 Å². The van der Waals surface area contributed by atoms with Crippen LogP contribution in [0.25, 0.3) is 0 Å². The van der Waals surface area contributed by atoms with E-state index < -0.39 is 6.04 Å². The Morgan fingerprint density at radius 2 is 2.05 bits per heavy atom. The summed E-state index contributed by atoms with van der Waals surface area (Å²) in [4.78, 5) is 25.8. The number of amides is 2. The molecule has 0 aromatic heterocycles. The molecule has 0 radical (unpaired) electrons. The summed E-state index contributed by atoms with van der Waals surface area (Å²) < 4.78 is 13.6. The molecule has 2 rings (SSSR count). The molecule has 1 unspecified atom stereocenters. The molecule has 1 aromatic rings. The van der Waals surface area contributed by atoms with Crippen LogP contribution in [0.1, 0.15) is 25.8 Å². The third-order valence-electron chi connectivity index (χ3n) is 3.78. The molecule has 5 heteroatoms. The molecule has 1 aliphatic rings. The van der Waals surface area contributed by atoms with Crippen molar-refractivity contribution in [3.8, 4) is 0 Å². The fraction of sp³-hybridized carbons (Fsp3) is 0.500. The number of hydrogen-bond acceptors (Lipinski definition) is 2. The van der Waals surface area contributed by atoms with Gasteiger partial charge >= 0.3 is 0 Å². The van der Waals surface area contributed by atoms with Crippen molar-refractivity contribution in [1.29, 1.82) is 0 Å². The highest BCUT2D eigenvalue weighted by atomic mass is 19.1. The fourth-order valence-electron chi connectivity index (χ4n) is 2.48. The van der Waals surface area contributed by atoms with Crippen LogP contribution in [0.4, 0.5) is 4.39 Å². The third-order valence-corrected chi connectivity index (χ3v) is 3.78. The van der Waals surface area contributed by atoms with Crippen LogP contribution >= 0.6 is 0 Å². The van der Waals surface area contributed by atoms with E-state index in [0.29, 0.717) is 31.5 Å². The van der Waals surface area contributed by atoms with Crippen molar-refractivity contribution in [2.45, 2.75) is 32.7 Å². The lowest BCUT2D eigenvalue weighted by atomic mass is 10.0. The van der Waals surface area contributed by atoms with E-state index in [1.165, 1.54) is 6.07 Å². The van der Waals surface area contributed by atoms with E-state index in [4.69, 9.17) is 0 Å². The van der Waals surface area contributed by atoms with Gasteiger partial charge < -0.3 is 10.2 Å². The number of rotatable bonds is 4. The zero-order chi connectivity index (χ0) is 15.4. The summed E-state index contributed by atoms with van der Waals surface area (Å²) in [5.41, 5.74) is 0.593. The Morgan fingerprint density at radius 1 is 1.33 bits per heavy atom. The molecule has 0 bridgehead atoms. The van der Waals surface area contributed by atoms with E-state index in [2.05, 4.69) is 5.32 Å². The van der Waals surface area contributed by atoms with Gasteiger partial charge in [0.05, 0.1) is 0 Å². The predicted octanol–water partition coefficient (Wildman–Crippen LogP) is 1.74. The minimum atomic E-state index is -0.486. The van der Waals surface area contributed by atoms with Crippen LogP contribution in [-0.2, 0) is 16.0 Å². The van der Waals surface area contributed by atoms with Crippen molar-refractivity contribution in [1.82, 2.24) is 10.2 Å². The lowest BCUT2D eigenvalue weighted by Gasteiger charge is -2.26. The first kappa shape index (κ1) is 15.5. The normalized spacial score (nSPS) is 19.6. The molecule has 0 saturated carbocycles. The van der Waals surface area contributed by atoms with Gasteiger partial charge in [-0.25, -0.2) is 4.39 Å². The van der Waals surface area contributed by atoms with E-state index in [1.54, 1.807) is 23.1 Å². The zero-order valence-electron chi connectivity index (χ0n) is 12.4. The van der Waals surface area contributed by atoms with Crippen LogP contribution in [0.2, 0.25) is 0 Å². The van der Waals surface area contributed by atoms with Gasteiger partial charge in [0.1, 0.15) is 11.9 Å². The second-order valence-corrected chi connectivity index (χ2v) is 5.71. The predicted molar refractivity (Wildman–Crippen MR) is 78.1 cm³/mol. The monoisotopic (exact) mass is 292 g/mol. The summed E-state index contributed by atoms with van der Waals surface area (Å²) in [7, 11) is 0. The second kappa shape index (κ2) is 6.70. The van der Waals surface area contributed by atoms with Crippen molar-refractivity contribution >= 4 is 11.8 Å². The standard InChI is InChI=1S/C16H21FN2O2/c1-11(2)15-16(21)19(10-8-14(20)18-15)9-7-12-5-3-4-6-13(12)17/h3-6,11,15H,7-10H2,1-2H3,(H,18,20). The molecule has 114 valence electrons. The van der Waals surface area contributed by atoms with Gasteiger partial charge in [-0.05, 0) is 24.0 Å². The average molecular weight is 292 g/mol. The van der Waals surface area contributed by atoms with E-state index in [9.17, 15) is 14.0 Å². The highest BCUT2D eigenvalue weighted by Gasteiger charge is 2.31. The molecule has 1 fully saturated rings. The second-order valence-electron chi connectivity index (χ2n) is 5.71. The molecule has 1 heterocycles. The molecule has 1 aromatic carbocycles. The van der Waals surface area contributed by atoms with E-state index in [1.807, 2.05) is 13.8 Å². The largest absolute Gasteiger partial charge is 0.344 e. The first-order valence-corrected chi connectivity index (χ1v) is 7.30. The number of nitrogens with zero attached hydrogens (tertiary/aromatic N) is 1. The summed E-state index contributed by atoms with van der Waals surface area (Å²) in [6, 6.07) is 6.08. The van der Waals surface area contributed by atoms with Gasteiger partial charge in [0.25, 0.3) is 0 Å². The highest BCUT2D eigenvalue weighted by Crippen LogP contribution is 2.13. The lowest BCUT2D eigenvalue weighted by Crippen LogP contribution is -2.48. The first-order valence-electron chi connectivity index (χ1n) is 7.30. The van der Waals surface area contributed by atoms with Crippen molar-refractivity contribution in [2.75, 3.05) is 13.1 Å². The maximum atomic E-state index is 13.6. The molecular formula is C16H21FN2O2. The van der Waals surface area contributed by atoms with E-state index in [0.717, 1.165) is 0 Å². The zero-order valence-corrected chi connectivity index (χ0v) is 12.4. The topological polar surface area (TPSA) is 49.4 Å². The molecule has 0 spiro atoms. The van der Waals surface area contributed by atoms with Crippen LogP contribution in [0.5, 0.6) is 0 Å². The summed E-state index contributed by atoms with van der Waals surface area (Å²) >= 11 is 0. The van der Waals surface area contributed by atoms with Crippen LogP contribution < -0.4 is 5.32 Å². The Labute approximate surface area is 124 Å². The van der Waals surface area contributed by atoms with Crippen molar-refractivity contribution < 1.29 is 14.0 Å². The van der Waals surface area contributed by atoms with Gasteiger partial charge in [-0.2, -0.15) is 0 Å². The summed E-state index contributed by atoms with van der Waals surface area (Å²) in [6.07, 6.45) is 0.754. The van der Waals surface area contributed by atoms with Gasteiger partial charge in [0.2, 0.25) is 11.8 Å². The average Bonchev–Trinajstić information content (AvgIpc) is 2.58. The number of hydrogen-bond donors (Lipinski definition) is 1. The van der Waals surface area contributed by atoms with Crippen LogP contribution in [0.15, 0.2) is 24.3 Å². The molecule has 0 aliphatic carbocycles. The molecule has 1 atom stereocenters. The molecule has 21 heavy (non-hydrogen) atoms. The highest BCUT2D eigenvalue weighted by molar-refractivity contribution is 5.90. The van der Waals surface area contributed by atoms with Crippen molar-refractivity contribution in [3.63, 3.8) is 0 Å². The van der Waals surface area contributed by atoms with Gasteiger partial charge in [-0.1, -0.05) is 32.0 Å². The SMILES string of the molecule is CC(C)C1NC(=O)CCN(CCc2ccccc2F)C1=O. The summed E-state index contributed by atoms with van der Waals surface area (Å²) in [5.74, 6) is -0.396. The summed E-state index contributed by atoms with van der Waals surface area (Å²) in [6.45, 7) is 4.63. The van der Waals surface area contributed by atoms with E-state index >= 15 is 0 Å². The molecule has 1 N–H and O–H groups in total. The Hall–Kier alpha value is -1.91. The van der Waals surface area contributed by atoms with Crippen LogP contribution in [-0.4, -0.2) is 35.8 Å². The maximum absolute atomic E-state index is 13.6. The smallest absolute Gasteiger partial charge is 0.245 e. The molecular weight excluding hydrogens is 271 g/mol. The Kier molecular flexibility index (Phi) is 4.94. The number of halogens is 1. The number of carbonyl (C=O) groups is 2. The number of benzene rings is 1.